The molecule has 5 nitrogen and oxygen atoms in total. The molecule has 1 fully saturated rings. The lowest BCUT2D eigenvalue weighted by Crippen LogP contribution is -2.45. The fourth-order valence-corrected chi connectivity index (χ4v) is 3.60. The lowest BCUT2D eigenvalue weighted by Gasteiger charge is -2.36. The van der Waals surface area contributed by atoms with Crippen LogP contribution < -0.4 is 10.1 Å². The minimum atomic E-state index is -0.244. The molecule has 1 aliphatic rings. The van der Waals surface area contributed by atoms with Crippen LogP contribution in [-0.4, -0.2) is 41.4 Å². The summed E-state index contributed by atoms with van der Waals surface area (Å²) in [6, 6.07) is 14.8. The van der Waals surface area contributed by atoms with Crippen LogP contribution in [0.4, 0.5) is 4.39 Å². The van der Waals surface area contributed by atoms with Gasteiger partial charge in [0, 0.05) is 43.5 Å². The van der Waals surface area contributed by atoms with Crippen molar-refractivity contribution in [3.8, 4) is 11.4 Å². The maximum absolute atomic E-state index is 13.1. The zero-order valence-corrected chi connectivity index (χ0v) is 16.5. The largest absolute Gasteiger partial charge is 0.496 e. The van der Waals surface area contributed by atoms with Crippen molar-refractivity contribution in [1.29, 1.82) is 0 Å². The third-order valence-electron chi connectivity index (χ3n) is 4.97. The Morgan fingerprint density at radius 3 is 2.75 bits per heavy atom. The van der Waals surface area contributed by atoms with Gasteiger partial charge in [-0.15, -0.1) is 12.4 Å². The molecule has 2 aromatic carbocycles. The maximum atomic E-state index is 13.1. The van der Waals surface area contributed by atoms with E-state index in [0.29, 0.717) is 0 Å². The molecule has 0 spiro atoms. The van der Waals surface area contributed by atoms with Crippen LogP contribution in [0, 0.1) is 5.82 Å². The van der Waals surface area contributed by atoms with E-state index in [9.17, 15) is 4.39 Å². The van der Waals surface area contributed by atoms with Crippen molar-refractivity contribution < 1.29 is 9.13 Å². The summed E-state index contributed by atoms with van der Waals surface area (Å²) in [4.78, 5) is 2.44. The Labute approximate surface area is 170 Å². The van der Waals surface area contributed by atoms with E-state index in [-0.39, 0.29) is 24.3 Å². The lowest BCUT2D eigenvalue weighted by molar-refractivity contribution is 0.151. The van der Waals surface area contributed by atoms with Crippen molar-refractivity contribution >= 4 is 12.4 Å². The standard InChI is InChI=1S/C21H23FN4O.ClH/c1-27-21-5-3-2-4-19(21)20-13-23-10-11-25(20)14-16-12-24-26(15-16)18-8-6-17(22)7-9-18;/h2-9,12,15,20,23H,10-11,13-14H2,1H3;1H. The molecule has 1 aromatic heterocycles. The summed E-state index contributed by atoms with van der Waals surface area (Å²) in [5, 5.41) is 7.92. The van der Waals surface area contributed by atoms with Crippen LogP contribution in [0.2, 0.25) is 0 Å². The number of piperazine rings is 1. The van der Waals surface area contributed by atoms with Crippen molar-refractivity contribution in [1.82, 2.24) is 20.0 Å². The molecule has 0 bridgehead atoms. The monoisotopic (exact) mass is 402 g/mol. The summed E-state index contributed by atoms with van der Waals surface area (Å²) in [5.41, 5.74) is 3.17. The Hall–Kier alpha value is -2.41. The van der Waals surface area contributed by atoms with Crippen LogP contribution >= 0.6 is 12.4 Å². The van der Waals surface area contributed by atoms with E-state index in [4.69, 9.17) is 4.74 Å². The lowest BCUT2D eigenvalue weighted by atomic mass is 10.0. The molecule has 0 aliphatic carbocycles. The molecule has 7 heteroatoms. The molecule has 1 N–H and O–H groups in total. The molecule has 1 unspecified atom stereocenters. The topological polar surface area (TPSA) is 42.3 Å². The van der Waals surface area contributed by atoms with E-state index >= 15 is 0 Å². The number of aromatic nitrogens is 2. The van der Waals surface area contributed by atoms with Crippen molar-refractivity contribution in [3.05, 3.63) is 77.9 Å². The molecule has 1 atom stereocenters. The average Bonchev–Trinajstić information content (AvgIpc) is 3.17. The molecule has 2 heterocycles. The van der Waals surface area contributed by atoms with Crippen molar-refractivity contribution in [2.75, 3.05) is 26.7 Å². The molecular weight excluding hydrogens is 379 g/mol. The second kappa shape index (κ2) is 9.19. The average molecular weight is 403 g/mol. The molecule has 1 aliphatic heterocycles. The molecule has 28 heavy (non-hydrogen) atoms. The summed E-state index contributed by atoms with van der Waals surface area (Å²) >= 11 is 0. The first kappa shape index (κ1) is 20.3. The Morgan fingerprint density at radius 2 is 1.96 bits per heavy atom. The van der Waals surface area contributed by atoms with Gasteiger partial charge in [-0.3, -0.25) is 4.90 Å². The van der Waals surface area contributed by atoms with Crippen LogP contribution in [0.15, 0.2) is 60.9 Å². The highest BCUT2D eigenvalue weighted by Gasteiger charge is 2.26. The van der Waals surface area contributed by atoms with Gasteiger partial charge in [0.25, 0.3) is 0 Å². The van der Waals surface area contributed by atoms with Crippen molar-refractivity contribution in [2.45, 2.75) is 12.6 Å². The molecule has 148 valence electrons. The Bertz CT molecular complexity index is 899. The maximum Gasteiger partial charge on any atom is 0.123 e. The first-order valence-corrected chi connectivity index (χ1v) is 9.12. The third kappa shape index (κ3) is 4.35. The van der Waals surface area contributed by atoms with E-state index in [1.807, 2.05) is 24.5 Å². The zero-order chi connectivity index (χ0) is 18.6. The van der Waals surface area contributed by atoms with E-state index < -0.39 is 0 Å². The second-order valence-electron chi connectivity index (χ2n) is 6.70. The zero-order valence-electron chi connectivity index (χ0n) is 15.7. The van der Waals surface area contributed by atoms with Gasteiger partial charge in [0.15, 0.2) is 0 Å². The predicted octanol–water partition coefficient (Wildman–Crippen LogP) is 3.59. The number of para-hydroxylation sites is 1. The smallest absolute Gasteiger partial charge is 0.123 e. The third-order valence-corrected chi connectivity index (χ3v) is 4.97. The van der Waals surface area contributed by atoms with Crippen LogP contribution in [-0.2, 0) is 6.54 Å². The van der Waals surface area contributed by atoms with Crippen molar-refractivity contribution in [3.63, 3.8) is 0 Å². The van der Waals surface area contributed by atoms with Gasteiger partial charge in [-0.1, -0.05) is 18.2 Å². The number of benzene rings is 2. The normalized spacial score (nSPS) is 17.1. The molecule has 0 radical (unpaired) electrons. The second-order valence-corrected chi connectivity index (χ2v) is 6.70. The van der Waals surface area contributed by atoms with Gasteiger partial charge in [-0.2, -0.15) is 5.10 Å². The van der Waals surface area contributed by atoms with Crippen LogP contribution in [0.1, 0.15) is 17.2 Å². The highest BCUT2D eigenvalue weighted by Crippen LogP contribution is 2.31. The van der Waals surface area contributed by atoms with E-state index in [1.165, 1.54) is 17.7 Å². The van der Waals surface area contributed by atoms with Crippen molar-refractivity contribution in [2.24, 2.45) is 0 Å². The number of methoxy groups -OCH3 is 1. The van der Waals surface area contributed by atoms with Crippen LogP contribution in [0.5, 0.6) is 5.75 Å². The van der Waals surface area contributed by atoms with Gasteiger partial charge in [0.2, 0.25) is 0 Å². The molecule has 1 saturated heterocycles. The Balaban J connectivity index is 0.00000225. The highest BCUT2D eigenvalue weighted by atomic mass is 35.5. The summed E-state index contributed by atoms with van der Waals surface area (Å²) in [6.45, 7) is 3.58. The van der Waals surface area contributed by atoms with Crippen LogP contribution in [0.25, 0.3) is 5.69 Å². The van der Waals surface area contributed by atoms with Gasteiger partial charge in [-0.05, 0) is 30.3 Å². The minimum absolute atomic E-state index is 0. The number of halogens is 2. The van der Waals surface area contributed by atoms with Gasteiger partial charge in [0.1, 0.15) is 11.6 Å². The Kier molecular flexibility index (Phi) is 6.67. The fraction of sp³-hybridized carbons (Fsp3) is 0.286. The highest BCUT2D eigenvalue weighted by molar-refractivity contribution is 5.85. The molecule has 4 rings (SSSR count). The van der Waals surface area contributed by atoms with Gasteiger partial charge < -0.3 is 10.1 Å². The summed E-state index contributed by atoms with van der Waals surface area (Å²) in [7, 11) is 1.71. The molecule has 3 aromatic rings. The molecule has 0 saturated carbocycles. The molecule has 0 amide bonds. The SMILES string of the molecule is COc1ccccc1C1CNCCN1Cc1cnn(-c2ccc(F)cc2)c1.Cl. The number of rotatable bonds is 5. The van der Waals surface area contributed by atoms with Gasteiger partial charge >= 0.3 is 0 Å². The fourth-order valence-electron chi connectivity index (χ4n) is 3.60. The van der Waals surface area contributed by atoms with Crippen LogP contribution in [0.3, 0.4) is 0 Å². The first-order valence-electron chi connectivity index (χ1n) is 9.12. The number of hydrogen-bond donors (Lipinski definition) is 1. The summed E-state index contributed by atoms with van der Waals surface area (Å²) < 4.78 is 20.5. The van der Waals surface area contributed by atoms with Gasteiger partial charge in [0.05, 0.1) is 25.0 Å². The van der Waals surface area contributed by atoms with E-state index in [1.54, 1.807) is 23.9 Å². The molecular formula is C21H24ClFN4O. The number of nitrogens with zero attached hydrogens (tertiary/aromatic N) is 3. The predicted molar refractivity (Wildman–Crippen MR) is 110 cm³/mol. The summed E-state index contributed by atoms with van der Waals surface area (Å²) in [5.74, 6) is 0.671. The number of ether oxygens (including phenoxy) is 1. The quantitative estimate of drug-likeness (QED) is 0.708. The summed E-state index contributed by atoms with van der Waals surface area (Å²) in [6.07, 6.45) is 3.89. The van der Waals surface area contributed by atoms with Gasteiger partial charge in [-0.25, -0.2) is 9.07 Å². The van der Waals surface area contributed by atoms with E-state index in [0.717, 1.165) is 43.2 Å². The van der Waals surface area contributed by atoms with E-state index in [2.05, 4.69) is 27.4 Å². The number of hydrogen-bond acceptors (Lipinski definition) is 4. The Morgan fingerprint density at radius 1 is 1.18 bits per heavy atom. The minimum Gasteiger partial charge on any atom is -0.496 e. The first-order chi connectivity index (χ1) is 13.2. The number of nitrogens with one attached hydrogen (secondary N) is 1.